The molecule has 0 fully saturated rings. The molecule has 0 atom stereocenters. The number of hydrogen-bond donors (Lipinski definition) is 3. The van der Waals surface area contributed by atoms with E-state index in [1.54, 1.807) is 0 Å². The van der Waals surface area contributed by atoms with Crippen LogP contribution in [0.2, 0.25) is 0 Å². The Morgan fingerprint density at radius 2 is 1.25 bits per heavy atom. The van der Waals surface area contributed by atoms with Crippen LogP contribution in [0.1, 0.15) is 58.3 Å². The first kappa shape index (κ1) is 22.3. The summed E-state index contributed by atoms with van der Waals surface area (Å²) in [5.74, 6) is 0. The zero-order valence-corrected chi connectivity index (χ0v) is 13.5. The summed E-state index contributed by atoms with van der Waals surface area (Å²) in [6, 6.07) is 0. The van der Waals surface area contributed by atoms with E-state index >= 15 is 0 Å². The fourth-order valence-corrected chi connectivity index (χ4v) is 1.13. The fourth-order valence-electron chi connectivity index (χ4n) is 1.13. The van der Waals surface area contributed by atoms with Crippen LogP contribution < -0.4 is 29.6 Å². The number of rotatable bonds is 7. The van der Waals surface area contributed by atoms with Gasteiger partial charge in [-0.15, -0.1) is 0 Å². The average molecular weight is 262 g/mol. The Morgan fingerprint density at radius 1 is 0.938 bits per heavy atom. The van der Waals surface area contributed by atoms with Crippen molar-refractivity contribution in [3.63, 3.8) is 0 Å². The molecule has 0 aliphatic carbocycles. The molecule has 16 heavy (non-hydrogen) atoms. The van der Waals surface area contributed by atoms with Crippen molar-refractivity contribution in [1.82, 2.24) is 0 Å². The molecule has 4 nitrogen and oxygen atoms in total. The van der Waals surface area contributed by atoms with Crippen LogP contribution in [0.3, 0.4) is 0 Å². The van der Waals surface area contributed by atoms with Gasteiger partial charge >= 0.3 is 37.4 Å². The Morgan fingerprint density at radius 3 is 1.56 bits per heavy atom. The molecule has 0 aliphatic heterocycles. The normalized spacial score (nSPS) is 10.1. The van der Waals surface area contributed by atoms with Crippen LogP contribution in [0.25, 0.3) is 0 Å². The second-order valence-corrected chi connectivity index (χ2v) is 4.51. The summed E-state index contributed by atoms with van der Waals surface area (Å²) < 4.78 is 8.88. The van der Waals surface area contributed by atoms with Crippen LogP contribution in [0.4, 0.5) is 0 Å². The van der Waals surface area contributed by atoms with Gasteiger partial charge in [0.2, 0.25) is 0 Å². The first-order valence-electron chi connectivity index (χ1n) is 5.49. The summed E-state index contributed by atoms with van der Waals surface area (Å²) in [5.41, 5.74) is 0. The molecule has 0 aromatic heterocycles. The standard InChI is InChI=1S/C10H21.Na.H3O4P/c1-3-5-7-9-10-8-6-4-2;;1-5(2,3)4/h1,3-10H2,2H3;;(H3,1,2,3,4)/q-1;+1;. The van der Waals surface area contributed by atoms with E-state index in [-0.39, 0.29) is 29.6 Å². The second kappa shape index (κ2) is 16.1. The molecule has 0 aliphatic rings. The second-order valence-electron chi connectivity index (χ2n) is 3.49. The first-order chi connectivity index (χ1) is 6.91. The third-order valence-electron chi connectivity index (χ3n) is 1.85. The average Bonchev–Trinajstić information content (AvgIpc) is 2.08. The zero-order chi connectivity index (χ0) is 12.2. The molecule has 0 heterocycles. The molecule has 0 bridgehead atoms. The van der Waals surface area contributed by atoms with Crippen LogP contribution in [-0.2, 0) is 4.57 Å². The van der Waals surface area contributed by atoms with Gasteiger partial charge < -0.3 is 21.6 Å². The minimum atomic E-state index is -4.64. The molecular formula is C10H24NaO4P. The van der Waals surface area contributed by atoms with Gasteiger partial charge in [0.15, 0.2) is 0 Å². The first-order valence-corrected chi connectivity index (χ1v) is 7.05. The molecule has 0 saturated heterocycles. The Hall–Kier alpha value is 1.11. The molecule has 0 saturated carbocycles. The van der Waals surface area contributed by atoms with E-state index in [9.17, 15) is 0 Å². The van der Waals surface area contributed by atoms with E-state index < -0.39 is 7.82 Å². The summed E-state index contributed by atoms with van der Waals surface area (Å²) in [5, 5.41) is 0. The summed E-state index contributed by atoms with van der Waals surface area (Å²) in [6.45, 7) is 6.08. The predicted octanol–water partition coefficient (Wildman–Crippen LogP) is 0.0366. The summed E-state index contributed by atoms with van der Waals surface area (Å²) in [7, 11) is -4.64. The molecule has 3 N–H and O–H groups in total. The van der Waals surface area contributed by atoms with Crippen LogP contribution >= 0.6 is 7.82 Å². The van der Waals surface area contributed by atoms with Crippen LogP contribution in [0.15, 0.2) is 0 Å². The van der Waals surface area contributed by atoms with Gasteiger partial charge in [0.05, 0.1) is 0 Å². The molecule has 0 radical (unpaired) electrons. The molecule has 94 valence electrons. The monoisotopic (exact) mass is 262 g/mol. The van der Waals surface area contributed by atoms with Crippen molar-refractivity contribution in [3.8, 4) is 0 Å². The largest absolute Gasteiger partial charge is 1.00 e. The van der Waals surface area contributed by atoms with Crippen molar-refractivity contribution in [3.05, 3.63) is 6.92 Å². The van der Waals surface area contributed by atoms with Gasteiger partial charge in [-0.1, -0.05) is 51.9 Å². The summed E-state index contributed by atoms with van der Waals surface area (Å²) in [4.78, 5) is 21.6. The minimum Gasteiger partial charge on any atom is -0.343 e. The molecule has 6 heteroatoms. The third kappa shape index (κ3) is 45.7. The maximum absolute atomic E-state index is 8.88. The molecule has 0 unspecified atom stereocenters. The molecule has 0 amide bonds. The Balaban J connectivity index is -0.000000242. The Labute approximate surface area is 121 Å². The van der Waals surface area contributed by atoms with E-state index in [2.05, 4.69) is 13.8 Å². The molecule has 0 aromatic carbocycles. The SMILES string of the molecule is O=P(O)(O)O.[CH2-]CCCCCCCCC.[Na+]. The number of phosphoric acid groups is 1. The van der Waals surface area contributed by atoms with E-state index in [4.69, 9.17) is 19.2 Å². The zero-order valence-electron chi connectivity index (χ0n) is 10.6. The minimum absolute atomic E-state index is 0. The molecule has 0 spiro atoms. The van der Waals surface area contributed by atoms with Crippen LogP contribution in [0.5, 0.6) is 0 Å². The number of hydrogen-bond acceptors (Lipinski definition) is 1. The Bertz CT molecular complexity index is 145. The van der Waals surface area contributed by atoms with Gasteiger partial charge in [-0.25, -0.2) is 4.57 Å². The van der Waals surface area contributed by atoms with Gasteiger partial charge in [0, 0.05) is 0 Å². The Kier molecular flexibility index (Phi) is 22.5. The van der Waals surface area contributed by atoms with E-state index in [0.717, 1.165) is 6.42 Å². The maximum atomic E-state index is 8.88. The van der Waals surface area contributed by atoms with Gasteiger partial charge in [0.1, 0.15) is 0 Å². The summed E-state index contributed by atoms with van der Waals surface area (Å²) >= 11 is 0. The quantitative estimate of drug-likeness (QED) is 0.262. The van der Waals surface area contributed by atoms with E-state index in [1.807, 2.05) is 0 Å². The van der Waals surface area contributed by atoms with Gasteiger partial charge in [-0.05, 0) is 0 Å². The van der Waals surface area contributed by atoms with Crippen molar-refractivity contribution >= 4 is 7.82 Å². The predicted molar refractivity (Wildman–Crippen MR) is 62.2 cm³/mol. The van der Waals surface area contributed by atoms with E-state index in [1.165, 1.54) is 44.9 Å². The third-order valence-corrected chi connectivity index (χ3v) is 1.85. The van der Waals surface area contributed by atoms with Crippen LogP contribution in [-0.4, -0.2) is 14.7 Å². The summed E-state index contributed by atoms with van der Waals surface area (Å²) in [6.07, 6.45) is 10.9. The molecule has 0 rings (SSSR count). The van der Waals surface area contributed by atoms with Crippen molar-refractivity contribution in [1.29, 1.82) is 0 Å². The molecule has 0 aromatic rings. The van der Waals surface area contributed by atoms with Crippen molar-refractivity contribution < 1.29 is 48.8 Å². The maximum Gasteiger partial charge on any atom is 1.00 e. The van der Waals surface area contributed by atoms with Crippen molar-refractivity contribution in [2.75, 3.05) is 0 Å². The van der Waals surface area contributed by atoms with Crippen molar-refractivity contribution in [2.24, 2.45) is 0 Å². The number of unbranched alkanes of at least 4 members (excludes halogenated alkanes) is 7. The van der Waals surface area contributed by atoms with Gasteiger partial charge in [-0.2, -0.15) is 6.42 Å². The van der Waals surface area contributed by atoms with Crippen molar-refractivity contribution in [2.45, 2.75) is 58.3 Å². The fraction of sp³-hybridized carbons (Fsp3) is 0.900. The smallest absolute Gasteiger partial charge is 0.343 e. The van der Waals surface area contributed by atoms with Gasteiger partial charge in [-0.3, -0.25) is 0 Å². The topological polar surface area (TPSA) is 77.8 Å². The molecular weight excluding hydrogens is 238 g/mol. The van der Waals surface area contributed by atoms with Crippen LogP contribution in [0, 0.1) is 6.92 Å². The van der Waals surface area contributed by atoms with Gasteiger partial charge in [0.25, 0.3) is 0 Å². The van der Waals surface area contributed by atoms with E-state index in [0.29, 0.717) is 0 Å².